The van der Waals surface area contributed by atoms with Crippen LogP contribution >= 0.6 is 0 Å². The smallest absolute Gasteiger partial charge is 0.0882 e. The fraction of sp³-hybridized carbons (Fsp3) is 0.615. The summed E-state index contributed by atoms with van der Waals surface area (Å²) in [5, 5.41) is 14.8. The van der Waals surface area contributed by atoms with Crippen LogP contribution < -0.4 is 0 Å². The third-order valence-corrected chi connectivity index (χ3v) is 3.29. The molecule has 0 bridgehead atoms. The molecule has 1 aliphatic carbocycles. The van der Waals surface area contributed by atoms with E-state index in [0.717, 1.165) is 37.1 Å². The molecule has 3 heteroatoms. The fourth-order valence-corrected chi connectivity index (χ4v) is 2.28. The van der Waals surface area contributed by atoms with Crippen molar-refractivity contribution < 1.29 is 5.11 Å². The lowest BCUT2D eigenvalue weighted by Gasteiger charge is -2.27. The molecule has 0 aromatic carbocycles. The lowest BCUT2D eigenvalue weighted by molar-refractivity contribution is 0.0731. The molecule has 0 aliphatic heterocycles. The average Bonchev–Trinajstić information content (AvgIpc) is 2.60. The van der Waals surface area contributed by atoms with Crippen molar-refractivity contribution in [1.29, 1.82) is 0 Å². The summed E-state index contributed by atoms with van der Waals surface area (Å²) >= 11 is 0. The number of aryl methyl sites for hydroxylation is 2. The van der Waals surface area contributed by atoms with Crippen LogP contribution in [-0.2, 0) is 19.9 Å². The van der Waals surface area contributed by atoms with Gasteiger partial charge >= 0.3 is 0 Å². The van der Waals surface area contributed by atoms with Crippen LogP contribution in [-0.4, -0.2) is 20.5 Å². The van der Waals surface area contributed by atoms with Gasteiger partial charge in [-0.15, -0.1) is 0 Å². The first kappa shape index (κ1) is 11.4. The highest BCUT2D eigenvalue weighted by atomic mass is 16.3. The van der Waals surface area contributed by atoms with E-state index in [1.165, 1.54) is 0 Å². The molecule has 1 aliphatic rings. The molecule has 3 nitrogen and oxygen atoms in total. The molecule has 0 fully saturated rings. The van der Waals surface area contributed by atoms with Gasteiger partial charge in [0.25, 0.3) is 0 Å². The number of aromatic nitrogens is 2. The van der Waals surface area contributed by atoms with Gasteiger partial charge in [0.05, 0.1) is 11.3 Å². The van der Waals surface area contributed by atoms with E-state index in [9.17, 15) is 5.11 Å². The van der Waals surface area contributed by atoms with Crippen LogP contribution in [0.5, 0.6) is 0 Å². The number of allylic oxidation sites excluding steroid dienone is 1. The monoisotopic (exact) mass is 220 g/mol. The summed E-state index contributed by atoms with van der Waals surface area (Å²) in [7, 11) is 1.95. The van der Waals surface area contributed by atoms with Gasteiger partial charge in [-0.1, -0.05) is 19.1 Å². The SMILES string of the molecule is CCc1cc(CC2(O)C=CCCC2)n(C)n1. The van der Waals surface area contributed by atoms with Gasteiger partial charge < -0.3 is 5.11 Å². The van der Waals surface area contributed by atoms with E-state index >= 15 is 0 Å². The van der Waals surface area contributed by atoms with Gasteiger partial charge in [0.15, 0.2) is 0 Å². The van der Waals surface area contributed by atoms with Crippen molar-refractivity contribution in [1.82, 2.24) is 9.78 Å². The highest BCUT2D eigenvalue weighted by Crippen LogP contribution is 2.26. The highest BCUT2D eigenvalue weighted by molar-refractivity contribution is 5.17. The molecule has 0 amide bonds. The molecular weight excluding hydrogens is 200 g/mol. The third kappa shape index (κ3) is 2.35. The molecule has 1 N–H and O–H groups in total. The zero-order valence-corrected chi connectivity index (χ0v) is 10.1. The molecule has 0 spiro atoms. The average molecular weight is 220 g/mol. The fourth-order valence-electron chi connectivity index (χ4n) is 2.28. The summed E-state index contributed by atoms with van der Waals surface area (Å²) < 4.78 is 1.89. The predicted molar refractivity (Wildman–Crippen MR) is 64.2 cm³/mol. The summed E-state index contributed by atoms with van der Waals surface area (Å²) in [6.45, 7) is 2.10. The number of aliphatic hydroxyl groups is 1. The van der Waals surface area contributed by atoms with Crippen LogP contribution in [0.1, 0.15) is 37.6 Å². The van der Waals surface area contributed by atoms with Crippen LogP contribution in [0.15, 0.2) is 18.2 Å². The normalized spacial score (nSPS) is 24.9. The van der Waals surface area contributed by atoms with Gasteiger partial charge in [-0.05, 0) is 31.7 Å². The zero-order valence-electron chi connectivity index (χ0n) is 10.1. The van der Waals surface area contributed by atoms with Crippen molar-refractivity contribution in [2.24, 2.45) is 7.05 Å². The molecule has 0 saturated heterocycles. The predicted octanol–water partition coefficient (Wildman–Crippen LogP) is 2.00. The molecule has 88 valence electrons. The lowest BCUT2D eigenvalue weighted by atomic mass is 9.87. The van der Waals surface area contributed by atoms with Crippen molar-refractivity contribution >= 4 is 0 Å². The first-order valence-corrected chi connectivity index (χ1v) is 6.05. The number of hydrogen-bond donors (Lipinski definition) is 1. The Balaban J connectivity index is 2.16. The Labute approximate surface area is 96.8 Å². The standard InChI is InChI=1S/C13H20N2O/c1-3-11-9-12(15(2)14-11)10-13(16)7-5-4-6-8-13/h5,7,9,16H,3-4,6,8,10H2,1-2H3. The van der Waals surface area contributed by atoms with Gasteiger partial charge in [-0.3, -0.25) is 4.68 Å². The van der Waals surface area contributed by atoms with E-state index in [0.29, 0.717) is 6.42 Å². The molecule has 0 radical (unpaired) electrons. The van der Waals surface area contributed by atoms with Gasteiger partial charge in [0.1, 0.15) is 0 Å². The maximum Gasteiger partial charge on any atom is 0.0882 e. The van der Waals surface area contributed by atoms with Gasteiger partial charge in [0, 0.05) is 19.2 Å². The van der Waals surface area contributed by atoms with Gasteiger partial charge in [0.2, 0.25) is 0 Å². The van der Waals surface area contributed by atoms with Crippen LogP contribution in [0.2, 0.25) is 0 Å². The molecule has 1 unspecified atom stereocenters. The summed E-state index contributed by atoms with van der Waals surface area (Å²) in [6, 6.07) is 2.10. The van der Waals surface area contributed by atoms with Crippen molar-refractivity contribution in [2.45, 2.75) is 44.6 Å². The van der Waals surface area contributed by atoms with Crippen molar-refractivity contribution in [2.75, 3.05) is 0 Å². The van der Waals surface area contributed by atoms with Gasteiger partial charge in [-0.25, -0.2) is 0 Å². The molecule has 1 aromatic heterocycles. The molecule has 2 rings (SSSR count). The Morgan fingerprint density at radius 1 is 1.56 bits per heavy atom. The van der Waals surface area contributed by atoms with E-state index in [2.05, 4.69) is 24.2 Å². The Hall–Kier alpha value is -1.09. The second-order valence-corrected chi connectivity index (χ2v) is 4.68. The lowest BCUT2D eigenvalue weighted by Crippen LogP contribution is -2.31. The maximum atomic E-state index is 10.4. The maximum absolute atomic E-state index is 10.4. The van der Waals surface area contributed by atoms with Crippen LogP contribution in [0.3, 0.4) is 0 Å². The quantitative estimate of drug-likeness (QED) is 0.791. The van der Waals surface area contributed by atoms with Crippen LogP contribution in [0.4, 0.5) is 0 Å². The topological polar surface area (TPSA) is 38.0 Å². The minimum absolute atomic E-state index is 0.656. The first-order valence-electron chi connectivity index (χ1n) is 6.05. The molecule has 16 heavy (non-hydrogen) atoms. The summed E-state index contributed by atoms with van der Waals surface area (Å²) in [4.78, 5) is 0. The van der Waals surface area contributed by atoms with Crippen LogP contribution in [0, 0.1) is 0 Å². The summed E-state index contributed by atoms with van der Waals surface area (Å²) in [6.07, 6.45) is 8.68. The highest BCUT2D eigenvalue weighted by Gasteiger charge is 2.26. The molecule has 1 atom stereocenters. The molecule has 1 heterocycles. The van der Waals surface area contributed by atoms with E-state index in [1.807, 2.05) is 17.8 Å². The minimum atomic E-state index is -0.656. The van der Waals surface area contributed by atoms with Crippen LogP contribution in [0.25, 0.3) is 0 Å². The summed E-state index contributed by atoms with van der Waals surface area (Å²) in [5.41, 5.74) is 1.56. The van der Waals surface area contributed by atoms with E-state index in [1.54, 1.807) is 0 Å². The second kappa shape index (κ2) is 4.42. The molecule has 0 saturated carbocycles. The second-order valence-electron chi connectivity index (χ2n) is 4.68. The number of hydrogen-bond acceptors (Lipinski definition) is 2. The number of rotatable bonds is 3. The first-order chi connectivity index (χ1) is 7.63. The van der Waals surface area contributed by atoms with Gasteiger partial charge in [-0.2, -0.15) is 5.10 Å². The third-order valence-electron chi connectivity index (χ3n) is 3.29. The largest absolute Gasteiger partial charge is 0.385 e. The Morgan fingerprint density at radius 2 is 2.38 bits per heavy atom. The van der Waals surface area contributed by atoms with E-state index in [-0.39, 0.29) is 0 Å². The van der Waals surface area contributed by atoms with Crippen molar-refractivity contribution in [3.8, 4) is 0 Å². The zero-order chi connectivity index (χ0) is 11.6. The molecule has 1 aromatic rings. The Morgan fingerprint density at radius 3 is 2.94 bits per heavy atom. The van der Waals surface area contributed by atoms with Crippen molar-refractivity contribution in [3.63, 3.8) is 0 Å². The Bertz CT molecular complexity index is 395. The number of nitrogens with zero attached hydrogens (tertiary/aromatic N) is 2. The Kier molecular flexibility index (Phi) is 3.15. The summed E-state index contributed by atoms with van der Waals surface area (Å²) in [5.74, 6) is 0. The van der Waals surface area contributed by atoms with E-state index < -0.39 is 5.60 Å². The van der Waals surface area contributed by atoms with E-state index in [4.69, 9.17) is 0 Å². The molecular formula is C13H20N2O. The van der Waals surface area contributed by atoms with Crippen molar-refractivity contribution in [3.05, 3.63) is 29.6 Å². The minimum Gasteiger partial charge on any atom is -0.385 e.